The monoisotopic (exact) mass is 282 g/mol. The fourth-order valence-electron chi connectivity index (χ4n) is 1.43. The number of hydrogen-bond donors (Lipinski definition) is 0. The van der Waals surface area contributed by atoms with Crippen molar-refractivity contribution in [1.29, 1.82) is 0 Å². The zero-order valence-corrected chi connectivity index (χ0v) is 11.3. The first-order chi connectivity index (χ1) is 5.54. The van der Waals surface area contributed by atoms with Crippen LogP contribution in [0.1, 0.15) is 47.5 Å². The largest absolute Gasteiger partial charge is 0.0820 e. The summed E-state index contributed by atoms with van der Waals surface area (Å²) in [4.78, 5) is 0. The fourth-order valence-corrected chi connectivity index (χ4v) is 2.65. The molecule has 4 atom stereocenters. The van der Waals surface area contributed by atoms with Crippen LogP contribution in [0.3, 0.4) is 0 Å². The Labute approximate surface area is 91.7 Å². The predicted molar refractivity (Wildman–Crippen MR) is 65.9 cm³/mol. The minimum atomic E-state index is 0.850. The maximum Gasteiger partial charge on any atom is 0.0163 e. The lowest BCUT2D eigenvalue weighted by Gasteiger charge is -2.28. The average molecular weight is 282 g/mol. The van der Waals surface area contributed by atoms with Crippen LogP contribution in [0.4, 0.5) is 0 Å². The van der Waals surface area contributed by atoms with E-state index < -0.39 is 0 Å². The SMILES string of the molecule is CCC(C)C(C)C(I)C(C)CC. The molecule has 0 bridgehead atoms. The molecule has 0 aliphatic rings. The molecule has 0 aliphatic heterocycles. The second-order valence-electron chi connectivity index (χ2n) is 4.07. The molecule has 0 radical (unpaired) electrons. The topological polar surface area (TPSA) is 0 Å². The zero-order chi connectivity index (χ0) is 9.72. The first kappa shape index (κ1) is 12.7. The Morgan fingerprint density at radius 3 is 1.67 bits per heavy atom. The molecule has 74 valence electrons. The summed E-state index contributed by atoms with van der Waals surface area (Å²) >= 11 is 2.63. The third-order valence-corrected chi connectivity index (χ3v) is 5.59. The van der Waals surface area contributed by atoms with Gasteiger partial charge in [0.25, 0.3) is 0 Å². The molecule has 0 aromatic carbocycles. The fraction of sp³-hybridized carbons (Fsp3) is 1.00. The van der Waals surface area contributed by atoms with Gasteiger partial charge in [-0.05, 0) is 17.8 Å². The molecule has 0 heterocycles. The van der Waals surface area contributed by atoms with Gasteiger partial charge >= 0.3 is 0 Å². The molecule has 0 fully saturated rings. The first-order valence-electron chi connectivity index (χ1n) is 5.18. The van der Waals surface area contributed by atoms with E-state index in [1.165, 1.54) is 12.8 Å². The molecule has 0 aromatic rings. The van der Waals surface area contributed by atoms with Gasteiger partial charge in [0.15, 0.2) is 0 Å². The van der Waals surface area contributed by atoms with Crippen molar-refractivity contribution in [2.75, 3.05) is 0 Å². The van der Waals surface area contributed by atoms with Crippen LogP contribution < -0.4 is 0 Å². The molecule has 0 saturated carbocycles. The van der Waals surface area contributed by atoms with Crippen LogP contribution in [0.2, 0.25) is 0 Å². The second-order valence-corrected chi connectivity index (χ2v) is 5.51. The Balaban J connectivity index is 3.99. The van der Waals surface area contributed by atoms with E-state index in [-0.39, 0.29) is 0 Å². The third-order valence-electron chi connectivity index (χ3n) is 3.23. The van der Waals surface area contributed by atoms with E-state index in [9.17, 15) is 0 Å². The van der Waals surface area contributed by atoms with Crippen molar-refractivity contribution in [1.82, 2.24) is 0 Å². The van der Waals surface area contributed by atoms with Crippen molar-refractivity contribution in [3.8, 4) is 0 Å². The van der Waals surface area contributed by atoms with E-state index in [4.69, 9.17) is 0 Å². The van der Waals surface area contributed by atoms with E-state index in [1.54, 1.807) is 0 Å². The van der Waals surface area contributed by atoms with Gasteiger partial charge in [0.05, 0.1) is 0 Å². The standard InChI is InChI=1S/C11H23I/c1-6-8(3)10(5)11(12)9(4)7-2/h8-11H,6-7H2,1-5H3. The molecular weight excluding hydrogens is 259 g/mol. The molecule has 0 aromatic heterocycles. The molecule has 1 heteroatoms. The minimum Gasteiger partial charge on any atom is -0.0820 e. The Bertz CT molecular complexity index is 97.6. The molecular formula is C11H23I. The quantitative estimate of drug-likeness (QED) is 0.514. The molecule has 12 heavy (non-hydrogen) atoms. The first-order valence-corrected chi connectivity index (χ1v) is 6.43. The number of halogens is 1. The van der Waals surface area contributed by atoms with E-state index in [0.717, 1.165) is 21.7 Å². The molecule has 0 spiro atoms. The van der Waals surface area contributed by atoms with Gasteiger partial charge in [0.2, 0.25) is 0 Å². The smallest absolute Gasteiger partial charge is 0.0163 e. The van der Waals surface area contributed by atoms with Crippen molar-refractivity contribution >= 4 is 22.6 Å². The van der Waals surface area contributed by atoms with Gasteiger partial charge in [-0.1, -0.05) is 70.1 Å². The maximum absolute atomic E-state index is 2.63. The molecule has 0 N–H and O–H groups in total. The summed E-state index contributed by atoms with van der Waals surface area (Å²) in [5.41, 5.74) is 0. The highest BCUT2D eigenvalue weighted by Crippen LogP contribution is 2.30. The van der Waals surface area contributed by atoms with Crippen molar-refractivity contribution in [2.45, 2.75) is 51.4 Å². The van der Waals surface area contributed by atoms with Gasteiger partial charge in [0.1, 0.15) is 0 Å². The molecule has 0 rings (SSSR count). The zero-order valence-electron chi connectivity index (χ0n) is 9.10. The normalized spacial score (nSPS) is 21.5. The van der Waals surface area contributed by atoms with E-state index in [0.29, 0.717) is 0 Å². The van der Waals surface area contributed by atoms with E-state index in [1.807, 2.05) is 0 Å². The van der Waals surface area contributed by atoms with Gasteiger partial charge in [-0.25, -0.2) is 0 Å². The lowest BCUT2D eigenvalue weighted by Crippen LogP contribution is -2.24. The van der Waals surface area contributed by atoms with E-state index >= 15 is 0 Å². The summed E-state index contributed by atoms with van der Waals surface area (Å²) in [7, 11) is 0. The lowest BCUT2D eigenvalue weighted by molar-refractivity contribution is 0.325. The van der Waals surface area contributed by atoms with Gasteiger partial charge in [-0.15, -0.1) is 0 Å². The van der Waals surface area contributed by atoms with Gasteiger partial charge in [0, 0.05) is 3.92 Å². The Morgan fingerprint density at radius 1 is 0.917 bits per heavy atom. The van der Waals surface area contributed by atoms with Crippen molar-refractivity contribution in [3.05, 3.63) is 0 Å². The number of hydrogen-bond acceptors (Lipinski definition) is 0. The van der Waals surface area contributed by atoms with Crippen molar-refractivity contribution in [3.63, 3.8) is 0 Å². The van der Waals surface area contributed by atoms with Crippen LogP contribution in [-0.2, 0) is 0 Å². The predicted octanol–water partition coefficient (Wildman–Crippen LogP) is 4.52. The molecule has 0 nitrogen and oxygen atoms in total. The molecule has 4 unspecified atom stereocenters. The lowest BCUT2D eigenvalue weighted by atomic mass is 9.85. The minimum absolute atomic E-state index is 0.850. The number of alkyl halides is 1. The Kier molecular flexibility index (Phi) is 6.60. The second kappa shape index (κ2) is 6.22. The van der Waals surface area contributed by atoms with E-state index in [2.05, 4.69) is 57.2 Å². The molecule has 0 saturated heterocycles. The van der Waals surface area contributed by atoms with Crippen LogP contribution in [0.25, 0.3) is 0 Å². The van der Waals surface area contributed by atoms with Gasteiger partial charge in [-0.2, -0.15) is 0 Å². The van der Waals surface area contributed by atoms with Crippen LogP contribution in [0.5, 0.6) is 0 Å². The Hall–Kier alpha value is 0.730. The summed E-state index contributed by atoms with van der Waals surface area (Å²) in [5.74, 6) is 2.61. The third kappa shape index (κ3) is 3.63. The van der Waals surface area contributed by atoms with Crippen LogP contribution >= 0.6 is 22.6 Å². The van der Waals surface area contributed by atoms with Crippen LogP contribution in [0, 0.1) is 17.8 Å². The number of rotatable bonds is 5. The summed E-state index contributed by atoms with van der Waals surface area (Å²) in [5, 5.41) is 0. The maximum atomic E-state index is 2.63. The summed E-state index contributed by atoms with van der Waals surface area (Å²) in [6.07, 6.45) is 2.63. The summed E-state index contributed by atoms with van der Waals surface area (Å²) < 4.78 is 0.850. The molecule has 0 aliphatic carbocycles. The highest BCUT2D eigenvalue weighted by molar-refractivity contribution is 14.1. The Morgan fingerprint density at radius 2 is 1.33 bits per heavy atom. The van der Waals surface area contributed by atoms with Crippen LogP contribution in [-0.4, -0.2) is 3.92 Å². The van der Waals surface area contributed by atoms with Gasteiger partial charge in [-0.3, -0.25) is 0 Å². The highest BCUT2D eigenvalue weighted by atomic mass is 127. The molecule has 0 amide bonds. The summed E-state index contributed by atoms with van der Waals surface area (Å²) in [6, 6.07) is 0. The summed E-state index contributed by atoms with van der Waals surface area (Å²) in [6.45, 7) is 11.7. The van der Waals surface area contributed by atoms with Crippen molar-refractivity contribution < 1.29 is 0 Å². The van der Waals surface area contributed by atoms with Gasteiger partial charge < -0.3 is 0 Å². The average Bonchev–Trinajstić information content (AvgIpc) is 2.12. The highest BCUT2D eigenvalue weighted by Gasteiger charge is 2.22. The van der Waals surface area contributed by atoms with Crippen LogP contribution in [0.15, 0.2) is 0 Å². The van der Waals surface area contributed by atoms with Crippen molar-refractivity contribution in [2.24, 2.45) is 17.8 Å².